The highest BCUT2D eigenvalue weighted by Crippen LogP contribution is 2.05. The van der Waals surface area contributed by atoms with Crippen molar-refractivity contribution in [2.75, 3.05) is 26.7 Å². The van der Waals surface area contributed by atoms with Crippen LogP contribution in [-0.2, 0) is 4.79 Å². The number of ketones is 1. The van der Waals surface area contributed by atoms with Gasteiger partial charge in [0, 0.05) is 12.6 Å². The molecule has 0 atom stereocenters. The molecule has 0 aliphatic rings. The molecular formula is C14H19FN2O2. The van der Waals surface area contributed by atoms with E-state index in [0.717, 1.165) is 6.42 Å². The quantitative estimate of drug-likeness (QED) is 0.760. The van der Waals surface area contributed by atoms with Crippen molar-refractivity contribution in [3.63, 3.8) is 0 Å². The Hall–Kier alpha value is -1.75. The van der Waals surface area contributed by atoms with Gasteiger partial charge in [0.15, 0.2) is 5.78 Å². The summed E-state index contributed by atoms with van der Waals surface area (Å²) in [7, 11) is 1.56. The van der Waals surface area contributed by atoms with E-state index in [1.165, 1.54) is 24.3 Å². The van der Waals surface area contributed by atoms with Crippen molar-refractivity contribution in [2.24, 2.45) is 0 Å². The maximum atomic E-state index is 12.8. The van der Waals surface area contributed by atoms with Gasteiger partial charge in [-0.2, -0.15) is 0 Å². The van der Waals surface area contributed by atoms with Crippen LogP contribution in [0.15, 0.2) is 24.3 Å². The van der Waals surface area contributed by atoms with Crippen LogP contribution in [0.4, 0.5) is 4.39 Å². The number of hydrogen-bond donors (Lipinski definition) is 1. The first kappa shape index (κ1) is 15.3. The highest BCUT2D eigenvalue weighted by molar-refractivity contribution is 5.97. The molecule has 0 bridgehead atoms. The molecular weight excluding hydrogens is 247 g/mol. The molecule has 1 N–H and O–H groups in total. The SMILES string of the molecule is CCCN(CC(=O)NC)CC(=O)c1ccc(F)cc1. The third-order valence-corrected chi connectivity index (χ3v) is 2.72. The van der Waals surface area contributed by atoms with Gasteiger partial charge in [-0.1, -0.05) is 6.92 Å². The molecule has 5 heteroatoms. The third kappa shape index (κ3) is 5.18. The van der Waals surface area contributed by atoms with Gasteiger partial charge in [-0.15, -0.1) is 0 Å². The summed E-state index contributed by atoms with van der Waals surface area (Å²) in [6, 6.07) is 5.44. The Morgan fingerprint density at radius 1 is 1.21 bits per heavy atom. The molecule has 0 saturated carbocycles. The number of halogens is 1. The molecule has 0 heterocycles. The number of benzene rings is 1. The van der Waals surface area contributed by atoms with Crippen LogP contribution >= 0.6 is 0 Å². The molecule has 0 aromatic heterocycles. The molecule has 19 heavy (non-hydrogen) atoms. The second kappa shape index (κ2) is 7.63. The molecule has 104 valence electrons. The van der Waals surface area contributed by atoms with Crippen LogP contribution in [-0.4, -0.2) is 43.3 Å². The Bertz CT molecular complexity index is 432. The van der Waals surface area contributed by atoms with E-state index in [2.05, 4.69) is 5.32 Å². The minimum Gasteiger partial charge on any atom is -0.358 e. The lowest BCUT2D eigenvalue weighted by molar-refractivity contribution is -0.121. The normalized spacial score (nSPS) is 10.5. The number of hydrogen-bond acceptors (Lipinski definition) is 3. The van der Waals surface area contributed by atoms with Crippen molar-refractivity contribution < 1.29 is 14.0 Å². The second-order valence-electron chi connectivity index (χ2n) is 4.31. The Morgan fingerprint density at radius 2 is 1.84 bits per heavy atom. The Balaban J connectivity index is 2.65. The molecule has 0 unspecified atom stereocenters. The van der Waals surface area contributed by atoms with Gasteiger partial charge < -0.3 is 5.32 Å². The maximum absolute atomic E-state index is 12.8. The van der Waals surface area contributed by atoms with Crippen LogP contribution in [0.25, 0.3) is 0 Å². The fraction of sp³-hybridized carbons (Fsp3) is 0.429. The topological polar surface area (TPSA) is 49.4 Å². The van der Waals surface area contributed by atoms with Crippen molar-refractivity contribution in [1.29, 1.82) is 0 Å². The van der Waals surface area contributed by atoms with Gasteiger partial charge in [-0.25, -0.2) is 4.39 Å². The Kier molecular flexibility index (Phi) is 6.15. The molecule has 4 nitrogen and oxygen atoms in total. The summed E-state index contributed by atoms with van der Waals surface area (Å²) < 4.78 is 12.8. The minimum absolute atomic E-state index is 0.114. The Morgan fingerprint density at radius 3 is 2.37 bits per heavy atom. The highest BCUT2D eigenvalue weighted by atomic mass is 19.1. The standard InChI is InChI=1S/C14H19FN2O2/c1-3-8-17(10-14(19)16-2)9-13(18)11-4-6-12(15)7-5-11/h4-7H,3,8-10H2,1-2H3,(H,16,19). The van der Waals surface area contributed by atoms with E-state index in [1.807, 2.05) is 6.92 Å². The number of Topliss-reactive ketones (excluding diaryl/α,β-unsaturated/α-hetero) is 1. The minimum atomic E-state index is -0.368. The monoisotopic (exact) mass is 266 g/mol. The van der Waals surface area contributed by atoms with Gasteiger partial charge in [0.2, 0.25) is 5.91 Å². The number of nitrogens with one attached hydrogen (secondary N) is 1. The van der Waals surface area contributed by atoms with Crippen LogP contribution < -0.4 is 5.32 Å². The first-order valence-corrected chi connectivity index (χ1v) is 6.28. The van der Waals surface area contributed by atoms with E-state index in [0.29, 0.717) is 12.1 Å². The largest absolute Gasteiger partial charge is 0.358 e. The summed E-state index contributed by atoms with van der Waals surface area (Å²) in [6.45, 7) is 3.00. The third-order valence-electron chi connectivity index (χ3n) is 2.72. The van der Waals surface area contributed by atoms with Crippen molar-refractivity contribution in [3.8, 4) is 0 Å². The summed E-state index contributed by atoms with van der Waals surface area (Å²) in [5, 5.41) is 2.53. The van der Waals surface area contributed by atoms with Gasteiger partial charge in [-0.05, 0) is 37.2 Å². The molecule has 0 aliphatic heterocycles. The van der Waals surface area contributed by atoms with Crippen LogP contribution in [0, 0.1) is 5.82 Å². The van der Waals surface area contributed by atoms with Crippen molar-refractivity contribution in [3.05, 3.63) is 35.6 Å². The van der Waals surface area contributed by atoms with E-state index in [9.17, 15) is 14.0 Å². The van der Waals surface area contributed by atoms with Gasteiger partial charge >= 0.3 is 0 Å². The molecule has 0 fully saturated rings. The van der Waals surface area contributed by atoms with Crippen molar-refractivity contribution >= 4 is 11.7 Å². The van der Waals surface area contributed by atoms with Crippen LogP contribution in [0.5, 0.6) is 0 Å². The zero-order valence-corrected chi connectivity index (χ0v) is 11.3. The van der Waals surface area contributed by atoms with E-state index in [-0.39, 0.29) is 30.6 Å². The lowest BCUT2D eigenvalue weighted by atomic mass is 10.1. The van der Waals surface area contributed by atoms with Crippen molar-refractivity contribution in [1.82, 2.24) is 10.2 Å². The van der Waals surface area contributed by atoms with Gasteiger partial charge in [0.1, 0.15) is 5.82 Å². The molecule has 1 aromatic rings. The first-order valence-electron chi connectivity index (χ1n) is 6.28. The van der Waals surface area contributed by atoms with Crippen LogP contribution in [0.1, 0.15) is 23.7 Å². The van der Waals surface area contributed by atoms with E-state index >= 15 is 0 Å². The molecule has 0 saturated heterocycles. The van der Waals surface area contributed by atoms with Crippen molar-refractivity contribution in [2.45, 2.75) is 13.3 Å². The zero-order valence-electron chi connectivity index (χ0n) is 11.3. The first-order chi connectivity index (χ1) is 9.06. The molecule has 1 rings (SSSR count). The number of rotatable bonds is 7. The number of carbonyl (C=O) groups excluding carboxylic acids is 2. The smallest absolute Gasteiger partial charge is 0.233 e. The fourth-order valence-electron chi connectivity index (χ4n) is 1.74. The number of likely N-dealkylation sites (N-methyl/N-ethyl adjacent to an activating group) is 1. The van der Waals surface area contributed by atoms with Gasteiger partial charge in [0.25, 0.3) is 0 Å². The molecule has 0 aliphatic carbocycles. The molecule has 0 radical (unpaired) electrons. The average molecular weight is 266 g/mol. The van der Waals surface area contributed by atoms with E-state index in [1.54, 1.807) is 11.9 Å². The summed E-state index contributed by atoms with van der Waals surface area (Å²) in [4.78, 5) is 25.1. The molecule has 0 spiro atoms. The van der Waals surface area contributed by atoms with Gasteiger partial charge in [0.05, 0.1) is 13.1 Å². The summed E-state index contributed by atoms with van der Waals surface area (Å²) >= 11 is 0. The fourth-order valence-corrected chi connectivity index (χ4v) is 1.74. The van der Waals surface area contributed by atoms with Crippen LogP contribution in [0.2, 0.25) is 0 Å². The predicted molar refractivity (Wildman–Crippen MR) is 71.5 cm³/mol. The van der Waals surface area contributed by atoms with Gasteiger partial charge in [-0.3, -0.25) is 14.5 Å². The second-order valence-corrected chi connectivity index (χ2v) is 4.31. The average Bonchev–Trinajstić information content (AvgIpc) is 2.39. The molecule has 1 aromatic carbocycles. The number of amides is 1. The van der Waals surface area contributed by atoms with Crippen LogP contribution in [0.3, 0.4) is 0 Å². The lowest BCUT2D eigenvalue weighted by Crippen LogP contribution is -2.39. The number of carbonyl (C=O) groups is 2. The summed E-state index contributed by atoms with van der Waals surface area (Å²) in [5.74, 6) is -0.606. The Labute approximate surface area is 112 Å². The highest BCUT2D eigenvalue weighted by Gasteiger charge is 2.14. The predicted octanol–water partition coefficient (Wildman–Crippen LogP) is 1.47. The molecule has 1 amide bonds. The van der Waals surface area contributed by atoms with E-state index < -0.39 is 0 Å². The van der Waals surface area contributed by atoms with E-state index in [4.69, 9.17) is 0 Å². The summed E-state index contributed by atoms with van der Waals surface area (Å²) in [5.41, 5.74) is 0.458. The lowest BCUT2D eigenvalue weighted by Gasteiger charge is -2.19. The zero-order chi connectivity index (χ0) is 14.3. The number of nitrogens with zero attached hydrogens (tertiary/aromatic N) is 1. The summed E-state index contributed by atoms with van der Waals surface area (Å²) in [6.07, 6.45) is 0.855. The maximum Gasteiger partial charge on any atom is 0.233 e.